The van der Waals surface area contributed by atoms with Crippen LogP contribution in [0.2, 0.25) is 0 Å². The van der Waals surface area contributed by atoms with Crippen molar-refractivity contribution in [2.75, 3.05) is 5.75 Å². The molecule has 1 heterocycles. The first-order valence-electron chi connectivity index (χ1n) is 3.04. The molecule has 1 aromatic rings. The van der Waals surface area contributed by atoms with Crippen molar-refractivity contribution in [3.8, 4) is 0 Å². The molecule has 0 spiro atoms. The maximum absolute atomic E-state index is 10.3. The summed E-state index contributed by atoms with van der Waals surface area (Å²) < 4.78 is 29.0. The Bertz CT molecular complexity index is 299. The van der Waals surface area contributed by atoms with Gasteiger partial charge in [-0.05, 0) is 28.8 Å². The van der Waals surface area contributed by atoms with Gasteiger partial charge in [0.25, 0.3) is 10.1 Å². The quantitative estimate of drug-likeness (QED) is 0.732. The lowest BCUT2D eigenvalue weighted by molar-refractivity contribution is 0.483. The molecule has 0 aromatic carbocycles. The van der Waals surface area contributed by atoms with Crippen molar-refractivity contribution in [2.45, 2.75) is 6.42 Å². The summed E-state index contributed by atoms with van der Waals surface area (Å²) in [7, 11) is -3.80. The van der Waals surface area contributed by atoms with Gasteiger partial charge in [0.2, 0.25) is 0 Å². The van der Waals surface area contributed by atoms with Crippen molar-refractivity contribution in [2.24, 2.45) is 0 Å². The topological polar surface area (TPSA) is 54.4 Å². The van der Waals surface area contributed by atoms with Gasteiger partial charge in [0, 0.05) is 0 Å². The van der Waals surface area contributed by atoms with E-state index in [1.165, 1.54) is 11.3 Å². The number of thiophene rings is 1. The normalized spacial score (nSPS) is 11.7. The van der Waals surface area contributed by atoms with Crippen LogP contribution in [0.4, 0.5) is 0 Å². The van der Waals surface area contributed by atoms with Crippen LogP contribution in [0.3, 0.4) is 0 Å². The second-order valence-corrected chi connectivity index (χ2v) is 4.52. The Labute approximate surface area is 69.4 Å². The lowest BCUT2D eigenvalue weighted by Crippen LogP contribution is -2.05. The van der Waals surface area contributed by atoms with E-state index in [0.717, 1.165) is 5.56 Å². The summed E-state index contributed by atoms with van der Waals surface area (Å²) in [5.41, 5.74) is 0.952. The molecule has 0 bridgehead atoms. The molecule has 0 atom stereocenters. The number of rotatable bonds is 3. The Kier molecular flexibility index (Phi) is 2.64. The first-order chi connectivity index (χ1) is 5.08. The zero-order valence-electron chi connectivity index (χ0n) is 5.73. The van der Waals surface area contributed by atoms with Crippen molar-refractivity contribution in [3.05, 3.63) is 22.4 Å². The fraction of sp³-hybridized carbons (Fsp3) is 0.333. The summed E-state index contributed by atoms with van der Waals surface area (Å²) in [5.74, 6) is -0.191. The molecule has 1 N–H and O–H groups in total. The lowest BCUT2D eigenvalue weighted by Gasteiger charge is -1.93. The fourth-order valence-electron chi connectivity index (χ4n) is 0.682. The molecule has 0 saturated carbocycles. The van der Waals surface area contributed by atoms with E-state index in [4.69, 9.17) is 4.55 Å². The third-order valence-electron chi connectivity index (χ3n) is 1.23. The highest BCUT2D eigenvalue weighted by molar-refractivity contribution is 7.85. The number of hydrogen-bond acceptors (Lipinski definition) is 3. The van der Waals surface area contributed by atoms with Crippen LogP contribution in [-0.4, -0.2) is 18.7 Å². The average Bonchev–Trinajstić information content (AvgIpc) is 2.32. The molecule has 1 aromatic heterocycles. The second-order valence-electron chi connectivity index (χ2n) is 2.17. The average molecular weight is 192 g/mol. The Balaban J connectivity index is 2.48. The van der Waals surface area contributed by atoms with Gasteiger partial charge < -0.3 is 0 Å². The van der Waals surface area contributed by atoms with Gasteiger partial charge in [-0.1, -0.05) is 0 Å². The van der Waals surface area contributed by atoms with Crippen LogP contribution in [0.25, 0.3) is 0 Å². The molecular formula is C6H8O3S2. The largest absolute Gasteiger partial charge is 0.286 e. The van der Waals surface area contributed by atoms with Gasteiger partial charge in [0.15, 0.2) is 0 Å². The maximum Gasteiger partial charge on any atom is 0.265 e. The van der Waals surface area contributed by atoms with Gasteiger partial charge in [0.05, 0.1) is 5.75 Å². The Morgan fingerprint density at radius 3 is 2.73 bits per heavy atom. The van der Waals surface area contributed by atoms with Crippen molar-refractivity contribution >= 4 is 21.5 Å². The molecule has 5 heteroatoms. The first kappa shape index (κ1) is 8.70. The minimum atomic E-state index is -3.80. The minimum Gasteiger partial charge on any atom is -0.286 e. The molecule has 0 aliphatic heterocycles. The monoisotopic (exact) mass is 192 g/mol. The molecule has 3 nitrogen and oxygen atoms in total. The number of aryl methyl sites for hydroxylation is 1. The van der Waals surface area contributed by atoms with Gasteiger partial charge in [-0.2, -0.15) is 19.8 Å². The predicted molar refractivity (Wildman–Crippen MR) is 44.4 cm³/mol. The molecule has 0 aliphatic rings. The van der Waals surface area contributed by atoms with Gasteiger partial charge in [0.1, 0.15) is 0 Å². The second kappa shape index (κ2) is 3.34. The van der Waals surface area contributed by atoms with E-state index in [0.29, 0.717) is 6.42 Å². The summed E-state index contributed by atoms with van der Waals surface area (Å²) >= 11 is 1.51. The maximum atomic E-state index is 10.3. The summed E-state index contributed by atoms with van der Waals surface area (Å²) in [6, 6.07) is 1.84. The van der Waals surface area contributed by atoms with E-state index >= 15 is 0 Å². The van der Waals surface area contributed by atoms with Gasteiger partial charge in [-0.25, -0.2) is 0 Å². The molecule has 0 unspecified atom stereocenters. The molecule has 0 radical (unpaired) electrons. The third-order valence-corrected chi connectivity index (χ3v) is 2.68. The molecule has 0 amide bonds. The van der Waals surface area contributed by atoms with Crippen LogP contribution in [0.15, 0.2) is 16.8 Å². The highest BCUT2D eigenvalue weighted by Gasteiger charge is 2.04. The molecule has 1 rings (SSSR count). The van der Waals surface area contributed by atoms with Crippen molar-refractivity contribution < 1.29 is 13.0 Å². The van der Waals surface area contributed by atoms with Crippen LogP contribution < -0.4 is 0 Å². The van der Waals surface area contributed by atoms with Crippen molar-refractivity contribution in [1.82, 2.24) is 0 Å². The molecule has 0 fully saturated rings. The van der Waals surface area contributed by atoms with E-state index in [9.17, 15) is 8.42 Å². The first-order valence-corrected chi connectivity index (χ1v) is 5.59. The molecule has 62 valence electrons. The predicted octanol–water partition coefficient (Wildman–Crippen LogP) is 1.18. The summed E-state index contributed by atoms with van der Waals surface area (Å²) in [6.07, 6.45) is 0.391. The van der Waals surface area contributed by atoms with E-state index in [1.54, 1.807) is 0 Å². The van der Waals surface area contributed by atoms with Crippen LogP contribution in [0, 0.1) is 0 Å². The summed E-state index contributed by atoms with van der Waals surface area (Å²) in [6.45, 7) is 0. The SMILES string of the molecule is O=S(=O)(O)CCc1ccsc1. The van der Waals surface area contributed by atoms with E-state index in [2.05, 4.69) is 0 Å². The van der Waals surface area contributed by atoms with E-state index in [-0.39, 0.29) is 5.75 Å². The molecular weight excluding hydrogens is 184 g/mol. The molecule has 11 heavy (non-hydrogen) atoms. The smallest absolute Gasteiger partial charge is 0.265 e. The van der Waals surface area contributed by atoms with Gasteiger partial charge in [-0.15, -0.1) is 0 Å². The molecule has 0 saturated heterocycles. The Morgan fingerprint density at radius 2 is 2.27 bits per heavy atom. The zero-order chi connectivity index (χ0) is 8.32. The van der Waals surface area contributed by atoms with Crippen molar-refractivity contribution in [3.63, 3.8) is 0 Å². The van der Waals surface area contributed by atoms with Crippen LogP contribution in [0.1, 0.15) is 5.56 Å². The van der Waals surface area contributed by atoms with Gasteiger partial charge in [-0.3, -0.25) is 4.55 Å². The van der Waals surface area contributed by atoms with E-state index < -0.39 is 10.1 Å². The molecule has 0 aliphatic carbocycles. The Morgan fingerprint density at radius 1 is 1.55 bits per heavy atom. The van der Waals surface area contributed by atoms with E-state index in [1.807, 2.05) is 16.8 Å². The van der Waals surface area contributed by atoms with Crippen LogP contribution >= 0.6 is 11.3 Å². The zero-order valence-corrected chi connectivity index (χ0v) is 7.36. The minimum absolute atomic E-state index is 0.191. The standard InChI is InChI=1S/C6H8O3S2/c7-11(8,9)4-2-6-1-3-10-5-6/h1,3,5H,2,4H2,(H,7,8,9). The highest BCUT2D eigenvalue weighted by atomic mass is 32.2. The van der Waals surface area contributed by atoms with Crippen LogP contribution in [0.5, 0.6) is 0 Å². The fourth-order valence-corrected chi connectivity index (χ4v) is 1.88. The summed E-state index contributed by atoms with van der Waals surface area (Å²) in [4.78, 5) is 0. The Hall–Kier alpha value is -0.390. The number of hydrogen-bond donors (Lipinski definition) is 1. The lowest BCUT2D eigenvalue weighted by atomic mass is 10.3. The van der Waals surface area contributed by atoms with Crippen LogP contribution in [-0.2, 0) is 16.5 Å². The van der Waals surface area contributed by atoms with Crippen molar-refractivity contribution in [1.29, 1.82) is 0 Å². The van der Waals surface area contributed by atoms with Gasteiger partial charge >= 0.3 is 0 Å². The third kappa shape index (κ3) is 3.50. The highest BCUT2D eigenvalue weighted by Crippen LogP contribution is 2.06. The summed E-state index contributed by atoms with van der Waals surface area (Å²) in [5, 5.41) is 3.74.